The number of aryl methyl sites for hydroxylation is 1. The van der Waals surface area contributed by atoms with Crippen LogP contribution in [0.15, 0.2) is 38.9 Å². The van der Waals surface area contributed by atoms with E-state index in [4.69, 9.17) is 20.8 Å². The van der Waals surface area contributed by atoms with Crippen molar-refractivity contribution in [1.82, 2.24) is 4.90 Å². The Morgan fingerprint density at radius 3 is 2.93 bits per heavy atom. The van der Waals surface area contributed by atoms with Crippen LogP contribution in [0.2, 0.25) is 5.02 Å². The lowest BCUT2D eigenvalue weighted by Crippen LogP contribution is -2.30. The largest absolute Gasteiger partial charge is 0.482 e. The molecule has 0 unspecified atom stereocenters. The van der Waals surface area contributed by atoms with Crippen molar-refractivity contribution < 1.29 is 13.9 Å². The van der Waals surface area contributed by atoms with Crippen LogP contribution in [0.3, 0.4) is 0 Å². The van der Waals surface area contributed by atoms with Gasteiger partial charge in [0.2, 0.25) is 0 Å². The van der Waals surface area contributed by atoms with Crippen molar-refractivity contribution in [2.24, 2.45) is 0 Å². The van der Waals surface area contributed by atoms with Crippen LogP contribution in [0.25, 0.3) is 11.0 Å². The Hall–Kier alpha value is -2.31. The van der Waals surface area contributed by atoms with Gasteiger partial charge in [0, 0.05) is 28.9 Å². The Morgan fingerprint density at radius 2 is 2.15 bits per heavy atom. The minimum Gasteiger partial charge on any atom is -0.482 e. The zero-order valence-corrected chi connectivity index (χ0v) is 16.4. The summed E-state index contributed by atoms with van der Waals surface area (Å²) in [5.41, 5.74) is 1.91. The van der Waals surface area contributed by atoms with E-state index in [1.54, 1.807) is 35.4 Å². The van der Waals surface area contributed by atoms with Crippen LogP contribution in [0.1, 0.15) is 22.4 Å². The highest BCUT2D eigenvalue weighted by molar-refractivity contribution is 7.09. The molecule has 3 aromatic rings. The molecule has 0 atom stereocenters. The Bertz CT molecular complexity index is 1060. The summed E-state index contributed by atoms with van der Waals surface area (Å²) in [6, 6.07) is 7.30. The van der Waals surface area contributed by atoms with E-state index < -0.39 is 0 Å². The fourth-order valence-electron chi connectivity index (χ4n) is 3.37. The molecule has 0 fully saturated rings. The van der Waals surface area contributed by atoms with Gasteiger partial charge < -0.3 is 14.1 Å². The number of thiophene rings is 1. The van der Waals surface area contributed by atoms with E-state index in [1.165, 1.54) is 0 Å². The zero-order valence-electron chi connectivity index (χ0n) is 14.8. The predicted molar refractivity (Wildman–Crippen MR) is 106 cm³/mol. The molecule has 0 N–H and O–H groups in total. The molecule has 0 bridgehead atoms. The number of hydrogen-bond acceptors (Lipinski definition) is 5. The average Bonchev–Trinajstić information content (AvgIpc) is 3.32. The van der Waals surface area contributed by atoms with Crippen molar-refractivity contribution in [2.45, 2.75) is 25.8 Å². The van der Waals surface area contributed by atoms with E-state index in [0.29, 0.717) is 22.9 Å². The van der Waals surface area contributed by atoms with Gasteiger partial charge in [0.05, 0.1) is 11.6 Å². The van der Waals surface area contributed by atoms with E-state index >= 15 is 0 Å². The predicted octanol–water partition coefficient (Wildman–Crippen LogP) is 4.03. The summed E-state index contributed by atoms with van der Waals surface area (Å²) < 4.78 is 11.1. The van der Waals surface area contributed by atoms with Crippen LogP contribution in [-0.4, -0.2) is 24.5 Å². The van der Waals surface area contributed by atoms with Crippen molar-refractivity contribution in [3.05, 3.63) is 61.1 Å². The van der Waals surface area contributed by atoms with Crippen LogP contribution in [0.5, 0.6) is 5.75 Å². The van der Waals surface area contributed by atoms with Crippen molar-refractivity contribution in [3.8, 4) is 5.75 Å². The highest BCUT2D eigenvalue weighted by Crippen LogP contribution is 2.34. The maximum atomic E-state index is 12.3. The topological polar surface area (TPSA) is 59.8 Å². The van der Waals surface area contributed by atoms with E-state index in [2.05, 4.69) is 0 Å². The second-order valence-electron chi connectivity index (χ2n) is 6.60. The van der Waals surface area contributed by atoms with Gasteiger partial charge in [-0.05, 0) is 42.3 Å². The molecule has 1 amide bonds. The van der Waals surface area contributed by atoms with Crippen LogP contribution in [0, 0.1) is 0 Å². The van der Waals surface area contributed by atoms with Gasteiger partial charge in [-0.25, -0.2) is 4.79 Å². The molecule has 2 aromatic heterocycles. The van der Waals surface area contributed by atoms with Crippen molar-refractivity contribution >= 4 is 39.8 Å². The second-order valence-corrected chi connectivity index (χ2v) is 8.04. The molecule has 2 heterocycles. The van der Waals surface area contributed by atoms with Gasteiger partial charge >= 0.3 is 5.63 Å². The van der Waals surface area contributed by atoms with Gasteiger partial charge in [-0.15, -0.1) is 11.3 Å². The number of rotatable bonds is 5. The van der Waals surface area contributed by atoms with E-state index in [1.807, 2.05) is 17.5 Å². The highest BCUT2D eigenvalue weighted by atomic mass is 35.5. The summed E-state index contributed by atoms with van der Waals surface area (Å²) in [7, 11) is 1.73. The molecule has 0 radical (unpaired) electrons. The first kappa shape index (κ1) is 18.1. The normalized spacial score (nSPS) is 13.0. The smallest absolute Gasteiger partial charge is 0.339 e. The molecule has 5 nitrogen and oxygen atoms in total. The number of ether oxygens (including phenoxy) is 1. The third kappa shape index (κ3) is 3.59. The third-order valence-electron chi connectivity index (χ3n) is 4.78. The molecule has 27 heavy (non-hydrogen) atoms. The second kappa shape index (κ2) is 7.37. The average molecular weight is 404 g/mol. The molecule has 140 valence electrons. The molecule has 1 aliphatic carbocycles. The van der Waals surface area contributed by atoms with Crippen molar-refractivity contribution in [3.63, 3.8) is 0 Å². The maximum absolute atomic E-state index is 12.3. The highest BCUT2D eigenvalue weighted by Gasteiger charge is 2.21. The first-order valence-electron chi connectivity index (χ1n) is 8.70. The van der Waals surface area contributed by atoms with Crippen LogP contribution >= 0.6 is 22.9 Å². The minimum atomic E-state index is -0.296. The Kier molecular flexibility index (Phi) is 4.93. The van der Waals surface area contributed by atoms with E-state index in [0.717, 1.165) is 40.7 Å². The molecule has 1 aromatic carbocycles. The van der Waals surface area contributed by atoms with Crippen molar-refractivity contribution in [2.75, 3.05) is 13.7 Å². The molecule has 4 rings (SSSR count). The summed E-state index contributed by atoms with van der Waals surface area (Å²) >= 11 is 7.95. The number of amides is 1. The number of likely N-dealkylation sites (N-methyl/N-ethyl adjacent to an activating group) is 1. The summed E-state index contributed by atoms with van der Waals surface area (Å²) in [4.78, 5) is 27.1. The quantitative estimate of drug-likeness (QED) is 0.603. The van der Waals surface area contributed by atoms with Gasteiger partial charge in [0.1, 0.15) is 11.3 Å². The lowest BCUT2D eigenvalue weighted by atomic mass is 10.1. The maximum Gasteiger partial charge on any atom is 0.339 e. The van der Waals surface area contributed by atoms with Crippen LogP contribution in [0.4, 0.5) is 0 Å². The lowest BCUT2D eigenvalue weighted by molar-refractivity contribution is -0.132. The minimum absolute atomic E-state index is 0.137. The first-order chi connectivity index (χ1) is 13.0. The van der Waals surface area contributed by atoms with Gasteiger partial charge in [0.25, 0.3) is 5.91 Å². The van der Waals surface area contributed by atoms with Crippen LogP contribution in [-0.2, 0) is 24.2 Å². The van der Waals surface area contributed by atoms with Gasteiger partial charge in [-0.2, -0.15) is 0 Å². The first-order valence-corrected chi connectivity index (χ1v) is 9.96. The number of hydrogen-bond donors (Lipinski definition) is 0. The Labute approximate surface area is 165 Å². The van der Waals surface area contributed by atoms with E-state index in [9.17, 15) is 9.59 Å². The molecule has 0 spiro atoms. The summed E-state index contributed by atoms with van der Waals surface area (Å²) in [5.74, 6) is 0.179. The zero-order chi connectivity index (χ0) is 19.0. The van der Waals surface area contributed by atoms with Gasteiger partial charge in [0.15, 0.2) is 6.61 Å². The fraction of sp³-hybridized carbons (Fsp3) is 0.300. The molecular formula is C20H18ClNO4S. The molecule has 0 aliphatic heterocycles. The molecular weight excluding hydrogens is 386 g/mol. The molecule has 0 saturated heterocycles. The molecule has 1 aliphatic rings. The molecule has 7 heteroatoms. The van der Waals surface area contributed by atoms with Gasteiger partial charge in [-0.1, -0.05) is 17.7 Å². The standard InChI is InChI=1S/C20H18ClNO4S/c1-22(10-12-4-3-7-27-12)19(23)11-25-18-9-17-15(8-16(18)21)13-5-2-6-14(13)20(24)26-17/h3-4,7-9H,2,5-6,10-11H2,1H3. The monoisotopic (exact) mass is 403 g/mol. The van der Waals surface area contributed by atoms with E-state index in [-0.39, 0.29) is 18.1 Å². The SMILES string of the molecule is CN(Cc1cccs1)C(=O)COc1cc2oc(=O)c3c(c2cc1Cl)CCC3. The number of fused-ring (bicyclic) bond motifs is 3. The third-order valence-corrected chi connectivity index (χ3v) is 5.93. The Morgan fingerprint density at radius 1 is 1.33 bits per heavy atom. The summed E-state index contributed by atoms with van der Waals surface area (Å²) in [5, 5.41) is 3.23. The number of benzene rings is 1. The lowest BCUT2D eigenvalue weighted by Gasteiger charge is -2.17. The van der Waals surface area contributed by atoms with Gasteiger partial charge in [-0.3, -0.25) is 4.79 Å². The number of halogens is 1. The number of carbonyl (C=O) groups is 1. The number of carbonyl (C=O) groups excluding carboxylic acids is 1. The Balaban J connectivity index is 1.52. The summed E-state index contributed by atoms with van der Waals surface area (Å²) in [6.45, 7) is 0.397. The fourth-order valence-corrected chi connectivity index (χ4v) is 4.34. The molecule has 0 saturated carbocycles. The summed E-state index contributed by atoms with van der Waals surface area (Å²) in [6.07, 6.45) is 2.54. The number of nitrogens with zero attached hydrogens (tertiary/aromatic N) is 1. The van der Waals surface area contributed by atoms with Crippen molar-refractivity contribution in [1.29, 1.82) is 0 Å². The van der Waals surface area contributed by atoms with Crippen LogP contribution < -0.4 is 10.4 Å².